The fourth-order valence-electron chi connectivity index (χ4n) is 10.5. The van der Waals surface area contributed by atoms with Crippen LogP contribution < -0.4 is 49.1 Å². The molecule has 376 valence electrons. The molecule has 0 saturated carbocycles. The van der Waals surface area contributed by atoms with E-state index in [-0.39, 0.29) is 72.7 Å². The number of hydrogen-bond acceptors (Lipinski definition) is 15. The molecule has 6 aromatic heterocycles. The van der Waals surface area contributed by atoms with Crippen molar-refractivity contribution in [3.05, 3.63) is 113 Å². The molecule has 0 bridgehead atoms. The second-order valence-electron chi connectivity index (χ2n) is 19.2. The highest BCUT2D eigenvalue weighted by Crippen LogP contribution is 2.26. The molecule has 2 fully saturated rings. The Labute approximate surface area is 419 Å². The maximum absolute atomic E-state index is 14.5. The van der Waals surface area contributed by atoms with E-state index >= 15 is 0 Å². The van der Waals surface area contributed by atoms with E-state index in [1.165, 1.54) is 13.7 Å². The quantitative estimate of drug-likeness (QED) is 0.147. The third-order valence-electron chi connectivity index (χ3n) is 13.9. The summed E-state index contributed by atoms with van der Waals surface area (Å²) in [5.41, 5.74) is 15.0. The van der Waals surface area contributed by atoms with Gasteiger partial charge in [-0.3, -0.25) is 37.0 Å². The highest BCUT2D eigenvalue weighted by atomic mass is 16.2. The molecule has 2 aliphatic rings. The first kappa shape index (κ1) is 48.6. The lowest BCUT2D eigenvalue weighted by atomic mass is 9.99. The van der Waals surface area contributed by atoms with Gasteiger partial charge in [0.2, 0.25) is 11.9 Å². The van der Waals surface area contributed by atoms with E-state index in [0.717, 1.165) is 51.6 Å². The highest BCUT2D eigenvalue weighted by molar-refractivity contribution is 5.82. The summed E-state index contributed by atoms with van der Waals surface area (Å²) in [5.74, 6) is 13.8. The number of aryl methyl sites for hydroxylation is 3. The number of anilines is 2. The van der Waals surface area contributed by atoms with Crippen LogP contribution in [-0.2, 0) is 46.7 Å². The number of hydrogen-bond donors (Lipinski definition) is 3. The molecular weight excluding hydrogens is 927 g/mol. The molecule has 10 rings (SSSR count). The van der Waals surface area contributed by atoms with Crippen LogP contribution in [0, 0.1) is 30.6 Å². The molecule has 2 saturated heterocycles. The average Bonchev–Trinajstić information content (AvgIpc) is 3.96. The monoisotopic (exact) mass is 985 g/mol. The molecule has 0 aliphatic carbocycles. The number of nitrogens with two attached hydrogens (primary N) is 2. The van der Waals surface area contributed by atoms with Gasteiger partial charge in [0.1, 0.15) is 11.6 Å². The Morgan fingerprint density at radius 2 is 1.21 bits per heavy atom. The van der Waals surface area contributed by atoms with Crippen LogP contribution in [0.5, 0.6) is 0 Å². The van der Waals surface area contributed by atoms with Crippen LogP contribution >= 0.6 is 0 Å². The Bertz CT molecular complexity index is 3860. The van der Waals surface area contributed by atoms with Gasteiger partial charge in [-0.05, 0) is 59.1 Å². The van der Waals surface area contributed by atoms with Crippen LogP contribution in [-0.4, -0.2) is 108 Å². The summed E-state index contributed by atoms with van der Waals surface area (Å²) in [6.45, 7) is 9.75. The van der Waals surface area contributed by atoms with Crippen molar-refractivity contribution >= 4 is 56.0 Å². The minimum Gasteiger partial charge on any atom is -0.341 e. The molecule has 4 atom stereocenters. The van der Waals surface area contributed by atoms with Gasteiger partial charge in [-0.25, -0.2) is 29.5 Å². The second kappa shape index (κ2) is 19.9. The fourth-order valence-corrected chi connectivity index (χ4v) is 10.5. The van der Waals surface area contributed by atoms with Crippen LogP contribution in [0.2, 0.25) is 0 Å². The van der Waals surface area contributed by atoms with Gasteiger partial charge >= 0.3 is 11.4 Å². The van der Waals surface area contributed by atoms with Crippen LogP contribution in [0.25, 0.3) is 44.1 Å². The molecule has 2 aromatic carbocycles. The summed E-state index contributed by atoms with van der Waals surface area (Å²) in [6.07, 6.45) is 2.91. The lowest BCUT2D eigenvalue weighted by Crippen LogP contribution is -2.56. The first-order valence-electron chi connectivity index (χ1n) is 24.7. The van der Waals surface area contributed by atoms with Crippen molar-refractivity contribution in [3.63, 3.8) is 0 Å². The second-order valence-corrected chi connectivity index (χ2v) is 19.2. The Morgan fingerprint density at radius 1 is 0.671 bits per heavy atom. The highest BCUT2D eigenvalue weighted by Gasteiger charge is 2.32. The van der Waals surface area contributed by atoms with Gasteiger partial charge in [-0.2, -0.15) is 9.97 Å². The van der Waals surface area contributed by atoms with Crippen molar-refractivity contribution in [2.75, 3.05) is 36.0 Å². The van der Waals surface area contributed by atoms with Gasteiger partial charge in [0.25, 0.3) is 11.1 Å². The predicted molar refractivity (Wildman–Crippen MR) is 282 cm³/mol. The SMILES string of the molecule is CC#CCn1c(N2CC(N)CC(NC(C)Cc3nc(Cn4c(=O)c5c(nc(N6CCCC(N)C6)n5CC#CC)n(C)c4=O)nc4ccccc34)C2)nc2c1c(=O)n(Cc1nc(C)c3ccccc3n1)c(=O)n2C. The molecule has 2 aliphatic heterocycles. The van der Waals surface area contributed by atoms with E-state index in [0.29, 0.717) is 61.5 Å². The van der Waals surface area contributed by atoms with Gasteiger partial charge in [0.15, 0.2) is 22.3 Å². The van der Waals surface area contributed by atoms with E-state index < -0.39 is 22.5 Å². The molecule has 4 unspecified atom stereocenters. The maximum Gasteiger partial charge on any atom is 0.332 e. The first-order valence-corrected chi connectivity index (χ1v) is 24.7. The lowest BCUT2D eigenvalue weighted by Gasteiger charge is -2.38. The Balaban J connectivity index is 0.934. The number of fused-ring (bicyclic) bond motifs is 4. The van der Waals surface area contributed by atoms with Crippen LogP contribution in [0.15, 0.2) is 67.7 Å². The molecule has 8 heterocycles. The number of nitrogens with one attached hydrogen (secondary N) is 1. The molecule has 73 heavy (non-hydrogen) atoms. The zero-order valence-corrected chi connectivity index (χ0v) is 42.0. The number of rotatable bonds is 12. The molecule has 0 spiro atoms. The summed E-state index contributed by atoms with van der Waals surface area (Å²) in [7, 11) is 3.22. The standard InChI is InChI=1S/C52H59N17O4/c1-7-9-22-66-43-45(60-49(66)64-21-15-16-33(53)26-64)62(5)52(73)69(47(43)70)30-42-58-39-20-14-12-18-37(39)40(59-42)24-31(3)55-35-25-34(54)27-65(28-35)50-61-46-44(67(50)23-10-8-2)48(71)68(51(72)63(46)6)29-41-56-32(4)36-17-11-13-19-38(36)57-41/h11-14,17-20,31,33-35,55H,15-16,21-30,53-54H2,1-6H3. The van der Waals surface area contributed by atoms with E-state index in [2.05, 4.69) is 55.7 Å². The van der Waals surface area contributed by atoms with Gasteiger partial charge in [0, 0.05) is 87.3 Å². The molecule has 0 amide bonds. The summed E-state index contributed by atoms with van der Waals surface area (Å²) in [6, 6.07) is 14.8. The summed E-state index contributed by atoms with van der Waals surface area (Å²) in [5, 5.41) is 5.54. The minimum atomic E-state index is -0.539. The topological polar surface area (TPSA) is 246 Å². The number of nitrogens with zero attached hydrogens (tertiary/aromatic N) is 14. The van der Waals surface area contributed by atoms with Crippen molar-refractivity contribution in [1.29, 1.82) is 0 Å². The van der Waals surface area contributed by atoms with Crippen molar-refractivity contribution in [2.45, 2.75) is 104 Å². The van der Waals surface area contributed by atoms with E-state index in [9.17, 15) is 19.2 Å². The fraction of sp³-hybridized carbons (Fsp3) is 0.423. The maximum atomic E-state index is 14.5. The van der Waals surface area contributed by atoms with Crippen molar-refractivity contribution < 1.29 is 0 Å². The summed E-state index contributed by atoms with van der Waals surface area (Å²) in [4.78, 5) is 90.2. The van der Waals surface area contributed by atoms with Gasteiger partial charge in [-0.1, -0.05) is 48.2 Å². The van der Waals surface area contributed by atoms with Crippen LogP contribution in [0.1, 0.15) is 63.1 Å². The predicted octanol–water partition coefficient (Wildman–Crippen LogP) is 1.50. The summed E-state index contributed by atoms with van der Waals surface area (Å²) < 4.78 is 8.68. The zero-order chi connectivity index (χ0) is 51.2. The summed E-state index contributed by atoms with van der Waals surface area (Å²) >= 11 is 0. The molecule has 5 N–H and O–H groups in total. The van der Waals surface area contributed by atoms with Crippen molar-refractivity contribution in [1.82, 2.24) is 62.6 Å². The third kappa shape index (κ3) is 9.15. The van der Waals surface area contributed by atoms with Crippen LogP contribution in [0.4, 0.5) is 11.9 Å². The van der Waals surface area contributed by atoms with Crippen molar-refractivity contribution in [3.8, 4) is 23.7 Å². The number of para-hydroxylation sites is 2. The largest absolute Gasteiger partial charge is 0.341 e. The zero-order valence-electron chi connectivity index (χ0n) is 42.0. The van der Waals surface area contributed by atoms with Gasteiger partial charge < -0.3 is 26.6 Å². The minimum absolute atomic E-state index is 0.0370. The first-order chi connectivity index (χ1) is 35.2. The molecule has 21 heteroatoms. The van der Waals surface area contributed by atoms with Crippen molar-refractivity contribution in [2.24, 2.45) is 25.6 Å². The molecular formula is C52H59N17O4. The lowest BCUT2D eigenvalue weighted by molar-refractivity contribution is 0.353. The Hall–Kier alpha value is -7.98. The normalized spacial score (nSPS) is 17.6. The number of aromatic nitrogens is 12. The van der Waals surface area contributed by atoms with Crippen LogP contribution in [0.3, 0.4) is 0 Å². The van der Waals surface area contributed by atoms with Gasteiger partial charge in [-0.15, -0.1) is 11.8 Å². The van der Waals surface area contributed by atoms with E-state index in [1.54, 1.807) is 37.1 Å². The van der Waals surface area contributed by atoms with Gasteiger partial charge in [0.05, 0.1) is 42.9 Å². The number of imidazole rings is 2. The van der Waals surface area contributed by atoms with E-state index in [4.69, 9.17) is 31.4 Å². The number of benzene rings is 2. The van der Waals surface area contributed by atoms with E-state index in [1.807, 2.05) is 55.5 Å². The molecule has 0 radical (unpaired) electrons. The third-order valence-corrected chi connectivity index (χ3v) is 13.9. The number of piperidine rings is 2. The average molecular weight is 986 g/mol. The molecule has 8 aromatic rings. The Kier molecular flexibility index (Phi) is 13.3. The Morgan fingerprint density at radius 3 is 1.79 bits per heavy atom. The smallest absolute Gasteiger partial charge is 0.332 e. The molecule has 21 nitrogen and oxygen atoms in total.